The molecule has 0 saturated carbocycles. The van der Waals surface area contributed by atoms with Gasteiger partial charge >= 0.3 is 12.1 Å². The molecule has 2 aliphatic rings. The maximum absolute atomic E-state index is 14.2. The fraction of sp³-hybridized carbons (Fsp3) is 0.628. The van der Waals surface area contributed by atoms with Crippen LogP contribution in [0.3, 0.4) is 0 Å². The minimum Gasteiger partial charge on any atom is -0.508 e. The van der Waals surface area contributed by atoms with Crippen LogP contribution in [-0.4, -0.2) is 176 Å². The number of ether oxygens (including phenoxy) is 2. The monoisotopic (exact) mass is 840 g/mol. The number of urea groups is 2. The topological polar surface area (TPSA) is 192 Å². The highest BCUT2D eigenvalue weighted by molar-refractivity contribution is 5.90. The summed E-state index contributed by atoms with van der Waals surface area (Å²) in [4.78, 5) is 62.6. The van der Waals surface area contributed by atoms with Gasteiger partial charge in [0.2, 0.25) is 5.72 Å². The summed E-state index contributed by atoms with van der Waals surface area (Å²) in [5, 5.41) is 32.1. The zero-order valence-electron chi connectivity index (χ0n) is 36.4. The number of phenolic OH excluding ortho intramolecular Hbond substituents is 1. The highest BCUT2D eigenvalue weighted by Gasteiger charge is 2.43. The maximum Gasteiger partial charge on any atom is 0.319 e. The normalized spacial score (nSPS) is 17.1. The minimum absolute atomic E-state index is 0.0874. The van der Waals surface area contributed by atoms with E-state index in [2.05, 4.69) is 31.2 Å². The molecule has 2 heterocycles. The standard InChI is InChI=1S/C43H69N9O8/c1-32(2)38(45-41(56)48(5)18-20-50-22-26-59-27-23-50)39(54)47-52(30-35-13-16-37(53)17-14-35)31-36(15-12-34-10-8-7-9-11-34)44-40(55)43(58,33(3)4)46-42(57)49(6)19-21-51-24-28-60-29-25-51/h7-11,13-14,16-17,32-33,36,38,53,58H,12,15,18-31H2,1-6H3,(H,44,55)(H,45,56)(H,46,57)(H,47,54)/t36-,38-,43+/m0/s1. The van der Waals surface area contributed by atoms with Crippen molar-refractivity contribution >= 4 is 23.9 Å². The van der Waals surface area contributed by atoms with Gasteiger partial charge in [-0.1, -0.05) is 70.2 Å². The highest BCUT2D eigenvalue weighted by atomic mass is 16.5. The van der Waals surface area contributed by atoms with Gasteiger partial charge in [-0.2, -0.15) is 0 Å². The molecule has 60 heavy (non-hydrogen) atoms. The van der Waals surface area contributed by atoms with Crippen LogP contribution in [0.2, 0.25) is 0 Å². The SMILES string of the molecule is CC(C)[C@H](NC(=O)N(C)CCN1CCOCC1)C(=O)NN(Cc1ccc(O)cc1)C[C@H](CCc1ccccc1)NC(=O)[C@@](O)(NC(=O)N(C)CCN1CCOCC1)C(C)C. The van der Waals surface area contributed by atoms with Gasteiger partial charge in [0.15, 0.2) is 0 Å². The van der Waals surface area contributed by atoms with Crippen molar-refractivity contribution in [3.63, 3.8) is 0 Å². The summed E-state index contributed by atoms with van der Waals surface area (Å²) >= 11 is 0. The van der Waals surface area contributed by atoms with Crippen LogP contribution in [0.5, 0.6) is 5.75 Å². The predicted molar refractivity (Wildman–Crippen MR) is 229 cm³/mol. The Morgan fingerprint density at radius 3 is 1.85 bits per heavy atom. The van der Waals surface area contributed by atoms with Gasteiger partial charge in [-0.15, -0.1) is 0 Å². The number of rotatable bonds is 21. The van der Waals surface area contributed by atoms with Gasteiger partial charge in [-0.3, -0.25) is 24.8 Å². The van der Waals surface area contributed by atoms with Crippen LogP contribution in [0.15, 0.2) is 54.6 Å². The Balaban J connectivity index is 1.52. The summed E-state index contributed by atoms with van der Waals surface area (Å²) in [7, 11) is 3.32. The van der Waals surface area contributed by atoms with Crippen molar-refractivity contribution in [3.05, 3.63) is 65.7 Å². The van der Waals surface area contributed by atoms with Gasteiger partial charge in [-0.25, -0.2) is 14.6 Å². The molecule has 6 N–H and O–H groups in total. The molecule has 17 heteroatoms. The average Bonchev–Trinajstić information content (AvgIpc) is 3.24. The summed E-state index contributed by atoms with van der Waals surface area (Å²) in [5.74, 6) is -2.13. The van der Waals surface area contributed by atoms with Gasteiger partial charge in [0, 0.05) is 91.5 Å². The molecule has 0 radical (unpaired) electrons. The van der Waals surface area contributed by atoms with E-state index in [0.717, 1.165) is 37.3 Å². The van der Waals surface area contributed by atoms with Crippen molar-refractivity contribution in [2.75, 3.05) is 99.4 Å². The molecule has 0 spiro atoms. The molecule has 334 valence electrons. The maximum atomic E-state index is 14.2. The van der Waals surface area contributed by atoms with Crippen LogP contribution in [0.1, 0.15) is 45.2 Å². The molecule has 2 fully saturated rings. The lowest BCUT2D eigenvalue weighted by Gasteiger charge is -2.36. The van der Waals surface area contributed by atoms with Crippen LogP contribution in [-0.2, 0) is 32.0 Å². The number of aromatic hydroxyl groups is 1. The molecular weight excluding hydrogens is 771 g/mol. The van der Waals surface area contributed by atoms with Crippen LogP contribution in [0.25, 0.3) is 0 Å². The number of hydrazine groups is 1. The zero-order chi connectivity index (χ0) is 43.7. The van der Waals surface area contributed by atoms with E-state index in [1.807, 2.05) is 44.2 Å². The Morgan fingerprint density at radius 2 is 1.32 bits per heavy atom. The Bertz CT molecular complexity index is 1620. The summed E-state index contributed by atoms with van der Waals surface area (Å²) in [6, 6.07) is 13.8. The number of carbonyl (C=O) groups is 4. The summed E-state index contributed by atoms with van der Waals surface area (Å²) in [6.07, 6.45) is 0.975. The number of phenols is 1. The van der Waals surface area contributed by atoms with Gasteiger partial charge in [0.25, 0.3) is 11.8 Å². The van der Waals surface area contributed by atoms with Crippen molar-refractivity contribution < 1.29 is 38.9 Å². The molecular formula is C43H69N9O8. The Kier molecular flexibility index (Phi) is 19.3. The number of aliphatic hydroxyl groups is 1. The third-order valence-electron chi connectivity index (χ3n) is 11.1. The van der Waals surface area contributed by atoms with Crippen molar-refractivity contribution in [1.82, 2.24) is 46.0 Å². The van der Waals surface area contributed by atoms with E-state index in [9.17, 15) is 29.4 Å². The van der Waals surface area contributed by atoms with Gasteiger partial charge in [0.1, 0.15) is 11.8 Å². The molecule has 17 nitrogen and oxygen atoms in total. The number of nitrogens with one attached hydrogen (secondary N) is 4. The fourth-order valence-electron chi connectivity index (χ4n) is 6.89. The van der Waals surface area contributed by atoms with Crippen LogP contribution >= 0.6 is 0 Å². The van der Waals surface area contributed by atoms with Gasteiger partial charge in [0.05, 0.1) is 26.4 Å². The van der Waals surface area contributed by atoms with Crippen LogP contribution < -0.4 is 21.4 Å². The number of benzene rings is 2. The second-order valence-electron chi connectivity index (χ2n) is 16.5. The first-order valence-corrected chi connectivity index (χ1v) is 21.2. The number of amides is 6. The molecule has 0 aromatic heterocycles. The second-order valence-corrected chi connectivity index (χ2v) is 16.5. The Morgan fingerprint density at radius 1 is 0.767 bits per heavy atom. The summed E-state index contributed by atoms with van der Waals surface area (Å²) < 4.78 is 10.9. The number of likely N-dealkylation sites (N-methyl/N-ethyl adjacent to an activating group) is 2. The third-order valence-corrected chi connectivity index (χ3v) is 11.1. The van der Waals surface area contributed by atoms with Crippen molar-refractivity contribution in [2.45, 2.75) is 64.9 Å². The first kappa shape index (κ1) is 48.1. The molecule has 0 bridgehead atoms. The van der Waals surface area contributed by atoms with Crippen LogP contribution in [0.4, 0.5) is 9.59 Å². The van der Waals surface area contributed by atoms with E-state index in [0.29, 0.717) is 65.4 Å². The first-order valence-electron chi connectivity index (χ1n) is 21.2. The zero-order valence-corrected chi connectivity index (χ0v) is 36.4. The highest BCUT2D eigenvalue weighted by Crippen LogP contribution is 2.18. The summed E-state index contributed by atoms with van der Waals surface area (Å²) in [5.41, 5.74) is 2.55. The number of carbonyl (C=O) groups excluding carboxylic acids is 4. The number of hydrogen-bond donors (Lipinski definition) is 6. The Hall–Kier alpha value is -4.52. The molecule has 4 rings (SSSR count). The summed E-state index contributed by atoms with van der Waals surface area (Å²) in [6.45, 7) is 15.2. The predicted octanol–water partition coefficient (Wildman–Crippen LogP) is 1.66. The largest absolute Gasteiger partial charge is 0.508 e. The van der Waals surface area contributed by atoms with E-state index < -0.39 is 41.6 Å². The molecule has 6 amide bonds. The quantitative estimate of drug-likeness (QED) is 0.0793. The molecule has 0 unspecified atom stereocenters. The molecule has 2 aromatic rings. The Labute approximate surface area is 355 Å². The second kappa shape index (κ2) is 24.1. The van der Waals surface area contributed by atoms with E-state index in [-0.39, 0.29) is 30.8 Å². The van der Waals surface area contributed by atoms with Gasteiger partial charge in [-0.05, 0) is 42.0 Å². The lowest BCUT2D eigenvalue weighted by atomic mass is 9.97. The van der Waals surface area contributed by atoms with Gasteiger partial charge < -0.3 is 45.4 Å². The minimum atomic E-state index is -2.26. The lowest BCUT2D eigenvalue weighted by molar-refractivity contribution is -0.148. The number of nitrogens with zero attached hydrogens (tertiary/aromatic N) is 5. The van der Waals surface area contributed by atoms with E-state index >= 15 is 0 Å². The smallest absolute Gasteiger partial charge is 0.319 e. The number of morpholine rings is 2. The molecule has 0 aliphatic carbocycles. The van der Waals surface area contributed by atoms with Crippen molar-refractivity contribution in [3.8, 4) is 5.75 Å². The average molecular weight is 840 g/mol. The van der Waals surface area contributed by atoms with Crippen molar-refractivity contribution in [1.29, 1.82) is 0 Å². The molecule has 2 aliphatic heterocycles. The molecule has 2 aromatic carbocycles. The van der Waals surface area contributed by atoms with Crippen LogP contribution in [0, 0.1) is 11.8 Å². The molecule has 3 atom stereocenters. The first-order chi connectivity index (χ1) is 28.6. The van der Waals surface area contributed by atoms with Crippen molar-refractivity contribution in [2.24, 2.45) is 11.8 Å². The number of hydrogen-bond acceptors (Lipinski definition) is 11. The van der Waals surface area contributed by atoms with E-state index in [1.165, 1.54) is 4.90 Å². The lowest BCUT2D eigenvalue weighted by Crippen LogP contribution is -2.66. The fourth-order valence-corrected chi connectivity index (χ4v) is 6.89. The molecule has 2 saturated heterocycles. The van der Waals surface area contributed by atoms with E-state index in [1.54, 1.807) is 62.1 Å². The third kappa shape index (κ3) is 15.5. The number of aryl methyl sites for hydroxylation is 1. The van der Waals surface area contributed by atoms with E-state index in [4.69, 9.17) is 9.47 Å².